The maximum absolute atomic E-state index is 13.0. The van der Waals surface area contributed by atoms with Crippen LogP contribution >= 0.6 is 7.82 Å². The second-order valence-electron chi connectivity index (χ2n) is 23.1. The van der Waals surface area contributed by atoms with Crippen LogP contribution < -0.4 is 5.32 Å². The molecule has 0 aliphatic rings. The number of aliphatic hydroxyl groups is 1. The van der Waals surface area contributed by atoms with Gasteiger partial charge in [0.05, 0.1) is 39.9 Å². The van der Waals surface area contributed by atoms with Crippen molar-refractivity contribution in [1.29, 1.82) is 0 Å². The Bertz CT molecular complexity index is 1590. The zero-order chi connectivity index (χ0) is 57.0. The summed E-state index contributed by atoms with van der Waals surface area (Å²) in [4.78, 5) is 23.4. The molecule has 0 radical (unpaired) electrons. The molecule has 0 fully saturated rings. The van der Waals surface area contributed by atoms with E-state index in [4.69, 9.17) is 9.05 Å². The van der Waals surface area contributed by atoms with Gasteiger partial charge in [0.25, 0.3) is 0 Å². The average Bonchev–Trinajstić information content (AvgIpc) is 3.41. The molecule has 8 nitrogen and oxygen atoms in total. The number of carbonyl (C=O) groups is 1. The second kappa shape index (κ2) is 59.1. The third-order valence-electron chi connectivity index (χ3n) is 14.3. The van der Waals surface area contributed by atoms with Gasteiger partial charge in [0.1, 0.15) is 13.2 Å². The molecule has 0 aliphatic carbocycles. The smallest absolute Gasteiger partial charge is 0.387 e. The minimum absolute atomic E-state index is 0.0504. The summed E-state index contributed by atoms with van der Waals surface area (Å²) >= 11 is 0. The lowest BCUT2D eigenvalue weighted by Gasteiger charge is -2.25. The van der Waals surface area contributed by atoms with E-state index < -0.39 is 20.0 Å². The maximum atomic E-state index is 13.0. The fourth-order valence-corrected chi connectivity index (χ4v) is 9.96. The Balaban J connectivity index is 4.18. The fraction of sp³-hybridized carbons (Fsp3) is 0.754. The van der Waals surface area contributed by atoms with Gasteiger partial charge in [0.2, 0.25) is 5.91 Å². The van der Waals surface area contributed by atoms with Crippen LogP contribution in [0.15, 0.2) is 97.2 Å². The molecule has 0 bridgehead atoms. The van der Waals surface area contributed by atoms with Gasteiger partial charge in [-0.25, -0.2) is 4.57 Å². The van der Waals surface area contributed by atoms with Gasteiger partial charge in [-0.1, -0.05) is 284 Å². The summed E-state index contributed by atoms with van der Waals surface area (Å²) in [6.45, 7) is 4.69. The highest BCUT2D eigenvalue weighted by Crippen LogP contribution is 2.43. The van der Waals surface area contributed by atoms with Crippen molar-refractivity contribution >= 4 is 13.7 Å². The van der Waals surface area contributed by atoms with E-state index >= 15 is 0 Å². The minimum atomic E-state index is -4.37. The van der Waals surface area contributed by atoms with Crippen molar-refractivity contribution in [3.05, 3.63) is 97.2 Å². The number of aliphatic hydroxyl groups excluding tert-OH is 1. The number of likely N-dealkylation sites (N-methyl/N-ethyl adjacent to an activating group) is 1. The first-order valence-electron chi connectivity index (χ1n) is 32.6. The first-order chi connectivity index (χ1) is 38.0. The zero-order valence-corrected chi connectivity index (χ0v) is 52.5. The number of quaternary nitrogens is 1. The number of carbonyl (C=O) groups excluding carboxylic acids is 1. The van der Waals surface area contributed by atoms with Crippen LogP contribution in [0.25, 0.3) is 0 Å². The Kier molecular flexibility index (Phi) is 57.1. The van der Waals surface area contributed by atoms with Crippen LogP contribution in [0.3, 0.4) is 0 Å². The predicted octanol–water partition coefficient (Wildman–Crippen LogP) is 20.5. The molecule has 3 atom stereocenters. The van der Waals surface area contributed by atoms with E-state index in [9.17, 15) is 19.4 Å². The molecule has 452 valence electrons. The number of phosphoric ester groups is 1. The van der Waals surface area contributed by atoms with Crippen molar-refractivity contribution in [3.8, 4) is 0 Å². The summed E-state index contributed by atoms with van der Waals surface area (Å²) in [5.74, 6) is -0.192. The lowest BCUT2D eigenvalue weighted by molar-refractivity contribution is -0.870. The van der Waals surface area contributed by atoms with Crippen LogP contribution in [0.4, 0.5) is 0 Å². The summed E-state index contributed by atoms with van der Waals surface area (Å²) in [6.07, 6.45) is 85.4. The van der Waals surface area contributed by atoms with Gasteiger partial charge in [-0.15, -0.1) is 0 Å². The highest BCUT2D eigenvalue weighted by molar-refractivity contribution is 7.47. The van der Waals surface area contributed by atoms with E-state index in [2.05, 4.69) is 104 Å². The molecule has 3 N–H and O–H groups in total. The summed E-state index contributed by atoms with van der Waals surface area (Å²) in [5.41, 5.74) is 0. The zero-order valence-electron chi connectivity index (χ0n) is 51.6. The quantitative estimate of drug-likeness (QED) is 0.0243. The largest absolute Gasteiger partial charge is 0.472 e. The molecule has 0 saturated carbocycles. The number of allylic oxidation sites excluding steroid dienone is 15. The summed E-state index contributed by atoms with van der Waals surface area (Å²) in [7, 11) is 1.54. The Labute approximate surface area is 483 Å². The highest BCUT2D eigenvalue weighted by Gasteiger charge is 2.27. The molecule has 0 aromatic heterocycles. The molecule has 0 aromatic carbocycles. The average molecular weight is 1110 g/mol. The lowest BCUT2D eigenvalue weighted by atomic mass is 10.0. The van der Waals surface area contributed by atoms with Gasteiger partial charge in [-0.2, -0.15) is 0 Å². The van der Waals surface area contributed by atoms with Crippen molar-refractivity contribution in [3.63, 3.8) is 0 Å². The highest BCUT2D eigenvalue weighted by atomic mass is 31.2. The molecule has 78 heavy (non-hydrogen) atoms. The Hall–Kier alpha value is -2.58. The molecular formula is C69H126N2O6P+. The number of amides is 1. The Morgan fingerprint density at radius 1 is 0.449 bits per heavy atom. The first-order valence-corrected chi connectivity index (χ1v) is 34.1. The molecule has 0 spiro atoms. The summed E-state index contributed by atoms with van der Waals surface area (Å²) in [6, 6.07) is -0.876. The first kappa shape index (κ1) is 75.4. The lowest BCUT2D eigenvalue weighted by Crippen LogP contribution is -2.45. The van der Waals surface area contributed by atoms with Crippen molar-refractivity contribution < 1.29 is 32.9 Å². The fourth-order valence-electron chi connectivity index (χ4n) is 9.22. The monoisotopic (exact) mass is 1110 g/mol. The van der Waals surface area contributed by atoms with E-state index in [0.717, 1.165) is 77.0 Å². The van der Waals surface area contributed by atoms with E-state index in [1.807, 2.05) is 27.2 Å². The van der Waals surface area contributed by atoms with E-state index in [1.165, 1.54) is 186 Å². The van der Waals surface area contributed by atoms with Gasteiger partial charge in [0.15, 0.2) is 0 Å². The SMILES string of the molecule is CC/C=C\C/C=C\C/C=C\C/C=C\C/C=C\CCCCCCCCCCCCCCCCCC(=O)NC(COP(=O)(O)OCC[N+](C)(C)C)C(O)/C=C/CC/C=C/CC/C=C/CCCCCCCCCCCCCCCCC. The molecule has 0 rings (SSSR count). The number of unbranched alkanes of at least 4 members (excludes halogenated alkanes) is 32. The third-order valence-corrected chi connectivity index (χ3v) is 15.2. The second-order valence-corrected chi connectivity index (χ2v) is 24.5. The molecule has 9 heteroatoms. The normalized spacial score (nSPS) is 14.4. The van der Waals surface area contributed by atoms with Crippen LogP contribution in [0.5, 0.6) is 0 Å². The Morgan fingerprint density at radius 2 is 0.782 bits per heavy atom. The molecule has 0 saturated heterocycles. The van der Waals surface area contributed by atoms with E-state index in [-0.39, 0.29) is 19.1 Å². The van der Waals surface area contributed by atoms with Gasteiger partial charge in [-0.3, -0.25) is 13.8 Å². The summed E-state index contributed by atoms with van der Waals surface area (Å²) in [5, 5.41) is 14.0. The molecule has 0 aliphatic heterocycles. The summed E-state index contributed by atoms with van der Waals surface area (Å²) < 4.78 is 23.8. The van der Waals surface area contributed by atoms with Gasteiger partial charge < -0.3 is 19.8 Å². The van der Waals surface area contributed by atoms with Crippen molar-refractivity contribution in [1.82, 2.24) is 5.32 Å². The Morgan fingerprint density at radius 3 is 1.18 bits per heavy atom. The molecule has 0 heterocycles. The van der Waals surface area contributed by atoms with Crippen LogP contribution in [0.2, 0.25) is 0 Å². The number of hydrogen-bond acceptors (Lipinski definition) is 5. The molecular weight excluding hydrogens is 984 g/mol. The van der Waals surface area contributed by atoms with Gasteiger partial charge >= 0.3 is 7.82 Å². The van der Waals surface area contributed by atoms with Crippen LogP contribution in [-0.4, -0.2) is 73.4 Å². The van der Waals surface area contributed by atoms with Crippen LogP contribution in [-0.2, 0) is 18.4 Å². The van der Waals surface area contributed by atoms with Gasteiger partial charge in [-0.05, 0) is 89.9 Å². The van der Waals surface area contributed by atoms with E-state index in [0.29, 0.717) is 17.4 Å². The minimum Gasteiger partial charge on any atom is -0.387 e. The molecule has 0 aromatic rings. The number of hydrogen-bond donors (Lipinski definition) is 3. The topological polar surface area (TPSA) is 105 Å². The molecule has 1 amide bonds. The number of rotatable bonds is 59. The number of phosphoric acid groups is 1. The number of nitrogens with zero attached hydrogens (tertiary/aromatic N) is 1. The number of nitrogens with one attached hydrogen (secondary N) is 1. The maximum Gasteiger partial charge on any atom is 0.472 e. The van der Waals surface area contributed by atoms with Crippen molar-refractivity contribution in [2.24, 2.45) is 0 Å². The van der Waals surface area contributed by atoms with E-state index in [1.54, 1.807) is 6.08 Å². The van der Waals surface area contributed by atoms with Crippen molar-refractivity contribution in [2.75, 3.05) is 40.9 Å². The van der Waals surface area contributed by atoms with Crippen molar-refractivity contribution in [2.45, 2.75) is 296 Å². The van der Waals surface area contributed by atoms with Crippen LogP contribution in [0.1, 0.15) is 284 Å². The van der Waals surface area contributed by atoms with Gasteiger partial charge in [0, 0.05) is 6.42 Å². The molecule has 3 unspecified atom stereocenters. The third kappa shape index (κ3) is 61.0. The van der Waals surface area contributed by atoms with Crippen LogP contribution in [0, 0.1) is 0 Å². The predicted molar refractivity (Wildman–Crippen MR) is 341 cm³/mol. The standard InChI is InChI=1S/C69H125N2O6P/c1-6-8-10-12-14-16-18-20-22-24-26-28-30-32-33-34-35-36-37-39-41-43-45-47-49-51-53-55-57-59-61-63-69(73)70-67(66-77-78(74,75)76-65-64-71(3,4)5)68(72)62-60-58-56-54-52-50-48-46-44-42-40-38-31-29-27-25-23-21-19-17-15-13-11-9-7-2/h8,10,14,16,20,22,26,28,32-33,44,46,52,54,60,62,67-68,72H,6-7,9,11-13,15,17-19,21,23-25,27,29-31,34-43,45,47-51,53,55-59,61,63-66H2,1-5H3,(H-,70,73,74,75)/p+1/b10-8-,16-14-,22-20-,28-26-,33-32-,46-44+,54-52+,62-60+.